The van der Waals surface area contributed by atoms with Crippen LogP contribution in [-0.2, 0) is 0 Å². The molecule has 232 valence electrons. The SMILES string of the molecule is c1cnc2c(c1)ccc1ccc(-c3ccc4cc(-c5ccc6cc(-c7ccc8ccc(-c9ncncn9)nc8c7)ccc6n5)ccc4c3)nc12. The Morgan fingerprint density at radius 1 is 0.340 bits per heavy atom. The molecule has 0 aliphatic heterocycles. The van der Waals surface area contributed by atoms with E-state index in [4.69, 9.17) is 15.0 Å². The Bertz CT molecular complexity index is 2940. The largest absolute Gasteiger partial charge is 0.254 e. The van der Waals surface area contributed by atoms with Gasteiger partial charge in [0.25, 0.3) is 0 Å². The number of aromatic nitrogens is 7. The first-order valence-electron chi connectivity index (χ1n) is 16.4. The number of pyridine rings is 4. The highest BCUT2D eigenvalue weighted by Crippen LogP contribution is 2.32. The fraction of sp³-hybridized carbons (Fsp3) is 0. The second-order valence-corrected chi connectivity index (χ2v) is 12.4. The Hall–Kier alpha value is -6.99. The molecule has 50 heavy (non-hydrogen) atoms. The van der Waals surface area contributed by atoms with E-state index in [1.165, 1.54) is 12.7 Å². The zero-order valence-electron chi connectivity index (χ0n) is 26.6. The summed E-state index contributed by atoms with van der Waals surface area (Å²) >= 11 is 0. The molecule has 5 aromatic heterocycles. The van der Waals surface area contributed by atoms with Crippen molar-refractivity contribution < 1.29 is 0 Å². The van der Waals surface area contributed by atoms with Gasteiger partial charge in [-0.3, -0.25) is 4.98 Å². The van der Waals surface area contributed by atoms with Gasteiger partial charge in [-0.05, 0) is 76.5 Å². The number of nitrogens with zero attached hydrogens (tertiary/aromatic N) is 7. The van der Waals surface area contributed by atoms with E-state index in [9.17, 15) is 0 Å². The fourth-order valence-corrected chi connectivity index (χ4v) is 6.71. The van der Waals surface area contributed by atoms with Gasteiger partial charge in [0, 0.05) is 38.9 Å². The minimum absolute atomic E-state index is 0.557. The average molecular weight is 640 g/mol. The molecule has 0 aliphatic carbocycles. The summed E-state index contributed by atoms with van der Waals surface area (Å²) in [6.07, 6.45) is 4.80. The van der Waals surface area contributed by atoms with E-state index in [0.717, 1.165) is 93.7 Å². The van der Waals surface area contributed by atoms with Crippen LogP contribution in [0.5, 0.6) is 0 Å². The van der Waals surface area contributed by atoms with Gasteiger partial charge in [-0.2, -0.15) is 0 Å². The van der Waals surface area contributed by atoms with E-state index in [2.05, 4.69) is 135 Å². The Morgan fingerprint density at radius 2 is 0.900 bits per heavy atom. The Morgan fingerprint density at radius 3 is 1.72 bits per heavy atom. The molecule has 7 nitrogen and oxygen atoms in total. The molecule has 10 rings (SSSR count). The number of hydrogen-bond acceptors (Lipinski definition) is 7. The van der Waals surface area contributed by atoms with Crippen LogP contribution in [0.2, 0.25) is 0 Å². The Balaban J connectivity index is 0.950. The van der Waals surface area contributed by atoms with Crippen molar-refractivity contribution in [1.29, 1.82) is 0 Å². The highest BCUT2D eigenvalue weighted by atomic mass is 15.0. The third kappa shape index (κ3) is 4.88. The van der Waals surface area contributed by atoms with Crippen molar-refractivity contribution in [3.05, 3.63) is 152 Å². The molecule has 0 aliphatic rings. The van der Waals surface area contributed by atoms with Gasteiger partial charge in [-0.15, -0.1) is 0 Å². The summed E-state index contributed by atoms with van der Waals surface area (Å²) in [4.78, 5) is 32.0. The summed E-state index contributed by atoms with van der Waals surface area (Å²) < 4.78 is 0. The smallest absolute Gasteiger partial charge is 0.181 e. The molecule has 0 spiro atoms. The molecule has 0 unspecified atom stereocenters. The zero-order valence-corrected chi connectivity index (χ0v) is 26.6. The summed E-state index contributed by atoms with van der Waals surface area (Å²) in [7, 11) is 0. The topological polar surface area (TPSA) is 90.2 Å². The van der Waals surface area contributed by atoms with Crippen LogP contribution in [0.15, 0.2) is 152 Å². The zero-order chi connectivity index (χ0) is 33.0. The molecule has 0 saturated carbocycles. The number of hydrogen-bond donors (Lipinski definition) is 0. The summed E-state index contributed by atoms with van der Waals surface area (Å²) in [5.74, 6) is 0.557. The molecule has 0 amide bonds. The van der Waals surface area contributed by atoms with Crippen LogP contribution >= 0.6 is 0 Å². The molecule has 0 bridgehead atoms. The Labute approximate surface area is 286 Å². The van der Waals surface area contributed by atoms with Crippen LogP contribution in [0.25, 0.3) is 99.5 Å². The quantitative estimate of drug-likeness (QED) is 0.177. The van der Waals surface area contributed by atoms with Crippen molar-refractivity contribution in [3.8, 4) is 45.2 Å². The van der Waals surface area contributed by atoms with Crippen molar-refractivity contribution >= 4 is 54.4 Å². The maximum absolute atomic E-state index is 5.05. The standard InChI is InChI=1S/C43H25N7/c1-2-27-4-5-28-12-15-38(50-42(28)41(27)45-19-1)34-10-8-29-20-33(9-7-30(29)21-34)37-17-14-35-22-31(13-16-36(35)48-37)32-6-3-26-11-18-39(49-40(26)23-32)43-46-24-44-25-47-43/h1-25H. The van der Waals surface area contributed by atoms with Crippen LogP contribution < -0.4 is 0 Å². The van der Waals surface area contributed by atoms with Crippen LogP contribution in [0, 0.1) is 0 Å². The van der Waals surface area contributed by atoms with E-state index in [0.29, 0.717) is 5.82 Å². The van der Waals surface area contributed by atoms with Crippen LogP contribution in [-0.4, -0.2) is 34.9 Å². The van der Waals surface area contributed by atoms with Gasteiger partial charge in [0.05, 0.1) is 33.5 Å². The molecular weight excluding hydrogens is 615 g/mol. The van der Waals surface area contributed by atoms with E-state index in [1.54, 1.807) is 0 Å². The van der Waals surface area contributed by atoms with E-state index in [1.807, 2.05) is 24.4 Å². The van der Waals surface area contributed by atoms with Gasteiger partial charge in [0.1, 0.15) is 18.3 Å². The summed E-state index contributed by atoms with van der Waals surface area (Å²) in [5.41, 5.74) is 10.6. The van der Waals surface area contributed by atoms with Gasteiger partial charge in [-0.1, -0.05) is 78.9 Å². The average Bonchev–Trinajstić information content (AvgIpc) is 3.19. The summed E-state index contributed by atoms with van der Waals surface area (Å²) in [6, 6.07) is 46.5. The van der Waals surface area contributed by atoms with E-state index in [-0.39, 0.29) is 0 Å². The van der Waals surface area contributed by atoms with Gasteiger partial charge in [-0.25, -0.2) is 29.9 Å². The molecule has 5 heterocycles. The maximum atomic E-state index is 5.05. The molecule has 0 N–H and O–H groups in total. The van der Waals surface area contributed by atoms with Gasteiger partial charge < -0.3 is 0 Å². The number of rotatable bonds is 4. The molecule has 0 radical (unpaired) electrons. The molecule has 5 aromatic carbocycles. The lowest BCUT2D eigenvalue weighted by atomic mass is 9.99. The van der Waals surface area contributed by atoms with E-state index < -0.39 is 0 Å². The monoisotopic (exact) mass is 639 g/mol. The molecule has 0 atom stereocenters. The fourth-order valence-electron chi connectivity index (χ4n) is 6.71. The van der Waals surface area contributed by atoms with Crippen LogP contribution in [0.3, 0.4) is 0 Å². The first kappa shape index (κ1) is 28.1. The van der Waals surface area contributed by atoms with E-state index >= 15 is 0 Å². The van der Waals surface area contributed by atoms with Gasteiger partial charge in [0.2, 0.25) is 0 Å². The highest BCUT2D eigenvalue weighted by molar-refractivity contribution is 6.03. The second-order valence-electron chi connectivity index (χ2n) is 12.4. The highest BCUT2D eigenvalue weighted by Gasteiger charge is 2.10. The van der Waals surface area contributed by atoms with Gasteiger partial charge >= 0.3 is 0 Å². The molecule has 0 fully saturated rings. The minimum Gasteiger partial charge on any atom is -0.254 e. The lowest BCUT2D eigenvalue weighted by Gasteiger charge is -2.09. The van der Waals surface area contributed by atoms with Crippen LogP contribution in [0.1, 0.15) is 0 Å². The predicted molar refractivity (Wildman–Crippen MR) is 200 cm³/mol. The van der Waals surface area contributed by atoms with Gasteiger partial charge in [0.15, 0.2) is 5.82 Å². The molecular formula is C43H25N7. The van der Waals surface area contributed by atoms with Crippen molar-refractivity contribution in [1.82, 2.24) is 34.9 Å². The lowest BCUT2D eigenvalue weighted by Crippen LogP contribution is -1.92. The third-order valence-electron chi connectivity index (χ3n) is 9.30. The van der Waals surface area contributed by atoms with Crippen LogP contribution in [0.4, 0.5) is 0 Å². The second kappa shape index (κ2) is 11.3. The van der Waals surface area contributed by atoms with Crippen molar-refractivity contribution in [2.75, 3.05) is 0 Å². The number of fused-ring (bicyclic) bond motifs is 6. The van der Waals surface area contributed by atoms with Crippen molar-refractivity contribution in [2.24, 2.45) is 0 Å². The molecule has 0 saturated heterocycles. The Kier molecular flexibility index (Phi) is 6.35. The summed E-state index contributed by atoms with van der Waals surface area (Å²) in [5, 5.41) is 6.62. The lowest BCUT2D eigenvalue weighted by molar-refractivity contribution is 1.05. The number of benzene rings is 5. The predicted octanol–water partition coefficient (Wildman–Crippen LogP) is 9.89. The first-order valence-corrected chi connectivity index (χ1v) is 16.4. The van der Waals surface area contributed by atoms with Crippen molar-refractivity contribution in [2.45, 2.75) is 0 Å². The molecule has 10 aromatic rings. The first-order chi connectivity index (χ1) is 24.7. The minimum atomic E-state index is 0.557. The normalized spacial score (nSPS) is 11.6. The summed E-state index contributed by atoms with van der Waals surface area (Å²) in [6.45, 7) is 0. The molecule has 7 heteroatoms. The third-order valence-corrected chi connectivity index (χ3v) is 9.30. The maximum Gasteiger partial charge on any atom is 0.181 e. The van der Waals surface area contributed by atoms with Crippen molar-refractivity contribution in [3.63, 3.8) is 0 Å².